The second-order valence-corrected chi connectivity index (χ2v) is 3.67. The van der Waals surface area contributed by atoms with Crippen LogP contribution in [0.25, 0.3) is 0 Å². The molecular formula is C14H18O3. The van der Waals surface area contributed by atoms with Crippen molar-refractivity contribution in [3.05, 3.63) is 42.0 Å². The first-order valence-corrected chi connectivity index (χ1v) is 5.62. The van der Waals surface area contributed by atoms with Crippen LogP contribution in [-0.2, 0) is 11.3 Å². The van der Waals surface area contributed by atoms with E-state index in [4.69, 9.17) is 9.47 Å². The van der Waals surface area contributed by atoms with E-state index in [0.29, 0.717) is 18.8 Å². The standard InChI is InChI=1S/C14H18O3/c1-3-4-5-8-17-11-13-9-12(10-15)6-7-14(13)16-2/h3,6-7,9-10H,1,4-5,8,11H2,2H3. The third-order valence-corrected chi connectivity index (χ3v) is 2.40. The molecule has 0 aliphatic rings. The van der Waals surface area contributed by atoms with Gasteiger partial charge in [-0.1, -0.05) is 6.08 Å². The average Bonchev–Trinajstić information content (AvgIpc) is 2.38. The first-order chi connectivity index (χ1) is 8.31. The van der Waals surface area contributed by atoms with Gasteiger partial charge in [-0.3, -0.25) is 4.79 Å². The number of allylic oxidation sites excluding steroid dienone is 1. The van der Waals surface area contributed by atoms with E-state index in [9.17, 15) is 4.79 Å². The van der Waals surface area contributed by atoms with Crippen molar-refractivity contribution in [1.82, 2.24) is 0 Å². The molecule has 92 valence electrons. The summed E-state index contributed by atoms with van der Waals surface area (Å²) in [4.78, 5) is 10.7. The van der Waals surface area contributed by atoms with Crippen LogP contribution in [0.4, 0.5) is 0 Å². The van der Waals surface area contributed by atoms with E-state index in [2.05, 4.69) is 6.58 Å². The molecule has 0 spiro atoms. The Bertz CT molecular complexity index is 372. The first-order valence-electron chi connectivity index (χ1n) is 5.62. The number of unbranched alkanes of at least 4 members (excludes halogenated alkanes) is 1. The van der Waals surface area contributed by atoms with Crippen LogP contribution in [0.1, 0.15) is 28.8 Å². The largest absolute Gasteiger partial charge is 0.496 e. The van der Waals surface area contributed by atoms with Crippen molar-refractivity contribution < 1.29 is 14.3 Å². The van der Waals surface area contributed by atoms with Gasteiger partial charge in [-0.05, 0) is 31.0 Å². The molecule has 1 aromatic carbocycles. The summed E-state index contributed by atoms with van der Waals surface area (Å²) in [6, 6.07) is 5.30. The maximum atomic E-state index is 10.7. The molecule has 0 unspecified atom stereocenters. The summed E-state index contributed by atoms with van der Waals surface area (Å²) < 4.78 is 10.7. The Morgan fingerprint density at radius 3 is 2.88 bits per heavy atom. The van der Waals surface area contributed by atoms with Gasteiger partial charge in [0.05, 0.1) is 13.7 Å². The number of hydrogen-bond donors (Lipinski definition) is 0. The zero-order valence-electron chi connectivity index (χ0n) is 10.1. The van der Waals surface area contributed by atoms with Crippen LogP contribution >= 0.6 is 0 Å². The summed E-state index contributed by atoms with van der Waals surface area (Å²) in [7, 11) is 1.61. The van der Waals surface area contributed by atoms with Crippen molar-refractivity contribution in [2.75, 3.05) is 13.7 Å². The number of aldehydes is 1. The van der Waals surface area contributed by atoms with Gasteiger partial charge in [-0.15, -0.1) is 6.58 Å². The van der Waals surface area contributed by atoms with Crippen molar-refractivity contribution in [2.24, 2.45) is 0 Å². The lowest BCUT2D eigenvalue weighted by Gasteiger charge is -2.09. The number of carbonyl (C=O) groups is 1. The van der Waals surface area contributed by atoms with Gasteiger partial charge < -0.3 is 9.47 Å². The number of methoxy groups -OCH3 is 1. The summed E-state index contributed by atoms with van der Waals surface area (Å²) in [6.45, 7) is 4.79. The predicted molar refractivity (Wildman–Crippen MR) is 67.5 cm³/mol. The fraction of sp³-hybridized carbons (Fsp3) is 0.357. The molecule has 0 fully saturated rings. The minimum absolute atomic E-state index is 0.460. The molecule has 3 heteroatoms. The molecule has 1 aromatic rings. The molecule has 1 rings (SSSR count). The van der Waals surface area contributed by atoms with Gasteiger partial charge in [0.15, 0.2) is 0 Å². The van der Waals surface area contributed by atoms with E-state index in [1.54, 1.807) is 25.3 Å². The second-order valence-electron chi connectivity index (χ2n) is 3.67. The Labute approximate surface area is 102 Å². The fourth-order valence-electron chi connectivity index (χ4n) is 1.50. The minimum atomic E-state index is 0.460. The van der Waals surface area contributed by atoms with Crippen molar-refractivity contribution in [1.29, 1.82) is 0 Å². The fourth-order valence-corrected chi connectivity index (χ4v) is 1.50. The Kier molecular flexibility index (Phi) is 6.04. The Hall–Kier alpha value is -1.61. The maximum Gasteiger partial charge on any atom is 0.150 e. The summed E-state index contributed by atoms with van der Waals surface area (Å²) in [5.41, 5.74) is 1.53. The molecule has 0 N–H and O–H groups in total. The van der Waals surface area contributed by atoms with Crippen molar-refractivity contribution in [2.45, 2.75) is 19.4 Å². The molecular weight excluding hydrogens is 216 g/mol. The van der Waals surface area contributed by atoms with Gasteiger partial charge in [0.1, 0.15) is 12.0 Å². The predicted octanol–water partition coefficient (Wildman–Crippen LogP) is 2.99. The van der Waals surface area contributed by atoms with Gasteiger partial charge in [0, 0.05) is 17.7 Å². The van der Waals surface area contributed by atoms with Crippen LogP contribution in [0.2, 0.25) is 0 Å². The van der Waals surface area contributed by atoms with Gasteiger partial charge in [0.2, 0.25) is 0 Å². The molecule has 3 nitrogen and oxygen atoms in total. The molecule has 17 heavy (non-hydrogen) atoms. The molecule has 0 bridgehead atoms. The molecule has 0 amide bonds. The molecule has 0 radical (unpaired) electrons. The number of ether oxygens (including phenoxy) is 2. The first kappa shape index (κ1) is 13.5. The van der Waals surface area contributed by atoms with Crippen molar-refractivity contribution in [3.8, 4) is 5.75 Å². The van der Waals surface area contributed by atoms with Gasteiger partial charge >= 0.3 is 0 Å². The molecule has 0 atom stereocenters. The zero-order chi connectivity index (χ0) is 12.5. The third kappa shape index (κ3) is 4.41. The normalized spacial score (nSPS) is 9.94. The molecule has 0 heterocycles. The Morgan fingerprint density at radius 2 is 2.24 bits per heavy atom. The van der Waals surface area contributed by atoms with Crippen LogP contribution in [0, 0.1) is 0 Å². The lowest BCUT2D eigenvalue weighted by atomic mass is 10.1. The number of hydrogen-bond acceptors (Lipinski definition) is 3. The van der Waals surface area contributed by atoms with E-state index in [1.165, 1.54) is 0 Å². The maximum absolute atomic E-state index is 10.7. The third-order valence-electron chi connectivity index (χ3n) is 2.40. The molecule has 0 aromatic heterocycles. The van der Waals surface area contributed by atoms with Gasteiger partial charge in [-0.2, -0.15) is 0 Å². The molecule has 0 saturated heterocycles. The highest BCUT2D eigenvalue weighted by molar-refractivity contribution is 5.75. The van der Waals surface area contributed by atoms with Crippen molar-refractivity contribution >= 4 is 6.29 Å². The summed E-state index contributed by atoms with van der Waals surface area (Å²) in [5.74, 6) is 0.749. The zero-order valence-corrected chi connectivity index (χ0v) is 10.1. The van der Waals surface area contributed by atoms with E-state index in [1.807, 2.05) is 6.08 Å². The van der Waals surface area contributed by atoms with Crippen LogP contribution in [0.3, 0.4) is 0 Å². The van der Waals surface area contributed by atoms with E-state index in [-0.39, 0.29) is 0 Å². The highest BCUT2D eigenvalue weighted by Gasteiger charge is 2.04. The Morgan fingerprint density at radius 1 is 1.41 bits per heavy atom. The quantitative estimate of drug-likeness (QED) is 0.394. The smallest absolute Gasteiger partial charge is 0.150 e. The lowest BCUT2D eigenvalue weighted by Crippen LogP contribution is -1.99. The number of carbonyl (C=O) groups excluding carboxylic acids is 1. The van der Waals surface area contributed by atoms with Crippen LogP contribution in [-0.4, -0.2) is 20.0 Å². The Balaban J connectivity index is 2.55. The molecule has 0 aliphatic heterocycles. The lowest BCUT2D eigenvalue weighted by molar-refractivity contribution is 0.111. The van der Waals surface area contributed by atoms with Gasteiger partial charge in [-0.25, -0.2) is 0 Å². The second kappa shape index (κ2) is 7.63. The van der Waals surface area contributed by atoms with Crippen LogP contribution in [0.5, 0.6) is 5.75 Å². The minimum Gasteiger partial charge on any atom is -0.496 e. The summed E-state index contributed by atoms with van der Waals surface area (Å²) >= 11 is 0. The van der Waals surface area contributed by atoms with Crippen LogP contribution < -0.4 is 4.74 Å². The average molecular weight is 234 g/mol. The molecule has 0 aliphatic carbocycles. The number of rotatable bonds is 8. The van der Waals surface area contributed by atoms with Crippen molar-refractivity contribution in [3.63, 3.8) is 0 Å². The van der Waals surface area contributed by atoms with Crippen LogP contribution in [0.15, 0.2) is 30.9 Å². The monoisotopic (exact) mass is 234 g/mol. The van der Waals surface area contributed by atoms with E-state index >= 15 is 0 Å². The topological polar surface area (TPSA) is 35.5 Å². The van der Waals surface area contributed by atoms with E-state index < -0.39 is 0 Å². The molecule has 0 saturated carbocycles. The highest BCUT2D eigenvalue weighted by Crippen LogP contribution is 2.20. The summed E-state index contributed by atoms with van der Waals surface area (Å²) in [5, 5.41) is 0. The number of benzene rings is 1. The SMILES string of the molecule is C=CCCCOCc1cc(C=O)ccc1OC. The highest BCUT2D eigenvalue weighted by atomic mass is 16.5. The van der Waals surface area contributed by atoms with Gasteiger partial charge in [0.25, 0.3) is 0 Å². The summed E-state index contributed by atoms with van der Waals surface area (Å²) in [6.07, 6.45) is 4.60. The van der Waals surface area contributed by atoms with E-state index in [0.717, 1.165) is 30.4 Å².